The first-order valence-electron chi connectivity index (χ1n) is 8.69. The van der Waals surface area contributed by atoms with Crippen molar-refractivity contribution in [2.45, 2.75) is 12.2 Å². The van der Waals surface area contributed by atoms with Crippen LogP contribution in [0.5, 0.6) is 0 Å². The Bertz CT molecular complexity index is 1120. The Balaban J connectivity index is 1.98. The number of likely N-dealkylation sites (N-methyl/N-ethyl adjacent to an activating group) is 1. The van der Waals surface area contributed by atoms with E-state index in [-0.39, 0.29) is 17.1 Å². The Kier molecular flexibility index (Phi) is 4.50. The van der Waals surface area contributed by atoms with Crippen LogP contribution in [0, 0.1) is 5.82 Å². The summed E-state index contributed by atoms with van der Waals surface area (Å²) in [6.45, 7) is -0.756. The van der Waals surface area contributed by atoms with Crippen LogP contribution >= 0.6 is 0 Å². The second kappa shape index (κ2) is 7.01. The summed E-state index contributed by atoms with van der Waals surface area (Å²) < 4.78 is 27.8. The number of pyridine rings is 1. The zero-order chi connectivity index (χ0) is 20.6. The quantitative estimate of drug-likeness (QED) is 0.732. The van der Waals surface area contributed by atoms with Gasteiger partial charge in [-0.05, 0) is 35.9 Å². The molecule has 0 saturated heterocycles. The van der Waals surface area contributed by atoms with E-state index in [4.69, 9.17) is 5.73 Å². The van der Waals surface area contributed by atoms with Crippen LogP contribution in [-0.4, -0.2) is 39.0 Å². The predicted octanol–water partition coefficient (Wildman–Crippen LogP) is 2.18. The minimum atomic E-state index is -1.61. The first-order valence-corrected chi connectivity index (χ1v) is 8.69. The highest BCUT2D eigenvalue weighted by atomic mass is 19.1. The van der Waals surface area contributed by atoms with Crippen molar-refractivity contribution in [2.75, 3.05) is 7.05 Å². The number of guanidine groups is 1. The van der Waals surface area contributed by atoms with E-state index >= 15 is 0 Å². The van der Waals surface area contributed by atoms with Crippen LogP contribution in [0.25, 0.3) is 11.3 Å². The average Bonchev–Trinajstić information content (AvgIpc) is 2.99. The summed E-state index contributed by atoms with van der Waals surface area (Å²) in [6.07, 6.45) is 4.27. The number of nitrogens with two attached hydrogens (primary N) is 1. The van der Waals surface area contributed by atoms with Gasteiger partial charge in [-0.15, -0.1) is 0 Å². The number of benzene rings is 1. The van der Waals surface area contributed by atoms with E-state index in [1.54, 1.807) is 12.1 Å². The van der Waals surface area contributed by atoms with Crippen molar-refractivity contribution in [2.24, 2.45) is 10.7 Å². The monoisotopic (exact) mass is 394 g/mol. The number of hydrogen-bond acceptors (Lipinski definition) is 6. The van der Waals surface area contributed by atoms with E-state index in [2.05, 4.69) is 20.2 Å². The highest BCUT2D eigenvalue weighted by Gasteiger charge is 2.50. The van der Waals surface area contributed by atoms with Crippen molar-refractivity contribution in [1.29, 1.82) is 0 Å². The number of alkyl halides is 1. The zero-order valence-electron chi connectivity index (χ0n) is 15.4. The van der Waals surface area contributed by atoms with Gasteiger partial charge < -0.3 is 5.73 Å². The molecule has 29 heavy (non-hydrogen) atoms. The standard InChI is InChI=1S/C20H16F2N6O/c1-28-18(29)20(26-19(28)23,14-7-12(9-21)10-24-11-14)13-4-5-16(22)15(8-13)17-3-2-6-25-27-17/h2-8,10-11H,9H2,1H3,(H2,23,26). The van der Waals surface area contributed by atoms with Crippen molar-refractivity contribution >= 4 is 11.9 Å². The number of aromatic nitrogens is 3. The summed E-state index contributed by atoms with van der Waals surface area (Å²) in [5.74, 6) is -0.994. The van der Waals surface area contributed by atoms with Gasteiger partial charge in [-0.1, -0.05) is 6.07 Å². The van der Waals surface area contributed by atoms with E-state index < -0.39 is 23.9 Å². The third kappa shape index (κ3) is 2.91. The van der Waals surface area contributed by atoms with Gasteiger partial charge in [0.05, 0.1) is 5.69 Å². The molecule has 1 aliphatic rings. The summed E-state index contributed by atoms with van der Waals surface area (Å²) in [4.78, 5) is 22.9. The number of hydrogen-bond donors (Lipinski definition) is 1. The van der Waals surface area contributed by atoms with Gasteiger partial charge in [0.2, 0.25) is 0 Å². The third-order valence-corrected chi connectivity index (χ3v) is 4.84. The van der Waals surface area contributed by atoms with E-state index in [1.807, 2.05) is 0 Å². The number of rotatable bonds is 4. The molecule has 2 N–H and O–H groups in total. The second-order valence-corrected chi connectivity index (χ2v) is 6.56. The lowest BCUT2D eigenvalue weighted by molar-refractivity contribution is -0.129. The maximum absolute atomic E-state index is 14.6. The van der Waals surface area contributed by atoms with Crippen LogP contribution in [0.4, 0.5) is 8.78 Å². The maximum atomic E-state index is 14.6. The van der Waals surface area contributed by atoms with E-state index in [9.17, 15) is 13.6 Å². The molecule has 4 rings (SSSR count). The average molecular weight is 394 g/mol. The van der Waals surface area contributed by atoms with E-state index in [0.717, 1.165) is 0 Å². The Morgan fingerprint density at radius 3 is 2.66 bits per heavy atom. The fourth-order valence-corrected chi connectivity index (χ4v) is 3.33. The molecule has 1 atom stereocenters. The van der Waals surface area contributed by atoms with Crippen molar-refractivity contribution in [3.05, 3.63) is 77.5 Å². The molecule has 1 aliphatic heterocycles. The number of amides is 1. The van der Waals surface area contributed by atoms with Gasteiger partial charge in [0.15, 0.2) is 11.5 Å². The number of aliphatic imine (C=N–C) groups is 1. The Hall–Kier alpha value is -3.75. The second-order valence-electron chi connectivity index (χ2n) is 6.56. The fraction of sp³-hybridized carbons (Fsp3) is 0.150. The summed E-state index contributed by atoms with van der Waals surface area (Å²) in [7, 11) is 1.49. The molecule has 7 nitrogen and oxygen atoms in total. The summed E-state index contributed by atoms with van der Waals surface area (Å²) in [5.41, 5.74) is 5.75. The minimum Gasteiger partial charge on any atom is -0.369 e. The first kappa shape index (κ1) is 18.6. The summed E-state index contributed by atoms with van der Waals surface area (Å²) in [5, 5.41) is 7.72. The molecule has 1 amide bonds. The van der Waals surface area contributed by atoms with Crippen LogP contribution in [0.3, 0.4) is 0 Å². The number of carbonyl (C=O) groups is 1. The lowest BCUT2D eigenvalue weighted by Gasteiger charge is -2.26. The molecule has 3 heterocycles. The third-order valence-electron chi connectivity index (χ3n) is 4.84. The smallest absolute Gasteiger partial charge is 0.266 e. The number of nitrogens with zero attached hydrogens (tertiary/aromatic N) is 5. The lowest BCUT2D eigenvalue weighted by Crippen LogP contribution is -2.41. The van der Waals surface area contributed by atoms with E-state index in [1.165, 1.54) is 54.8 Å². The van der Waals surface area contributed by atoms with Crippen molar-refractivity contribution in [1.82, 2.24) is 20.1 Å². The van der Waals surface area contributed by atoms with Crippen LogP contribution in [0.1, 0.15) is 16.7 Å². The van der Waals surface area contributed by atoms with Gasteiger partial charge in [0.1, 0.15) is 12.5 Å². The normalized spacial score (nSPS) is 18.8. The fourth-order valence-electron chi connectivity index (χ4n) is 3.33. The molecule has 2 aromatic heterocycles. The predicted molar refractivity (Wildman–Crippen MR) is 102 cm³/mol. The molecular weight excluding hydrogens is 378 g/mol. The molecule has 0 spiro atoms. The van der Waals surface area contributed by atoms with Crippen molar-refractivity contribution in [3.63, 3.8) is 0 Å². The van der Waals surface area contributed by atoms with Crippen LogP contribution in [-0.2, 0) is 17.0 Å². The maximum Gasteiger partial charge on any atom is 0.266 e. The van der Waals surface area contributed by atoms with Crippen LogP contribution in [0.15, 0.2) is 60.0 Å². The lowest BCUT2D eigenvalue weighted by atomic mass is 9.82. The van der Waals surface area contributed by atoms with Gasteiger partial charge in [0.25, 0.3) is 5.91 Å². The molecule has 9 heteroatoms. The highest BCUT2D eigenvalue weighted by molar-refractivity contribution is 6.09. The molecule has 0 radical (unpaired) electrons. The van der Waals surface area contributed by atoms with Crippen LogP contribution < -0.4 is 5.73 Å². The Morgan fingerprint density at radius 1 is 1.17 bits per heavy atom. The SMILES string of the molecule is CN1C(=O)C(c2cncc(CF)c2)(c2ccc(F)c(-c3cccnn3)c2)N=C1N. The molecule has 1 unspecified atom stereocenters. The molecule has 1 aromatic carbocycles. The van der Waals surface area contributed by atoms with Crippen molar-refractivity contribution < 1.29 is 13.6 Å². The van der Waals surface area contributed by atoms with Gasteiger partial charge >= 0.3 is 0 Å². The Morgan fingerprint density at radius 2 is 2.00 bits per heavy atom. The summed E-state index contributed by atoms with van der Waals surface area (Å²) in [6, 6.07) is 8.90. The van der Waals surface area contributed by atoms with Gasteiger partial charge in [-0.25, -0.2) is 13.8 Å². The molecule has 0 fully saturated rings. The van der Waals surface area contributed by atoms with E-state index in [0.29, 0.717) is 16.8 Å². The molecule has 0 bridgehead atoms. The van der Waals surface area contributed by atoms with Gasteiger partial charge in [-0.3, -0.25) is 14.7 Å². The largest absolute Gasteiger partial charge is 0.369 e. The topological polar surface area (TPSA) is 97.4 Å². The van der Waals surface area contributed by atoms with Crippen LogP contribution in [0.2, 0.25) is 0 Å². The Labute approximate surface area is 164 Å². The molecule has 0 saturated carbocycles. The van der Waals surface area contributed by atoms with Gasteiger partial charge in [0, 0.05) is 42.3 Å². The number of halogens is 2. The highest BCUT2D eigenvalue weighted by Crippen LogP contribution is 2.40. The minimum absolute atomic E-state index is 0.00831. The first-order chi connectivity index (χ1) is 14.0. The number of carbonyl (C=O) groups excluding carboxylic acids is 1. The van der Waals surface area contributed by atoms with Crippen molar-refractivity contribution in [3.8, 4) is 11.3 Å². The zero-order valence-corrected chi connectivity index (χ0v) is 15.4. The molecule has 3 aromatic rings. The molecular formula is C20H16F2N6O. The molecule has 0 aliphatic carbocycles. The van der Waals surface area contributed by atoms with Gasteiger partial charge in [-0.2, -0.15) is 10.2 Å². The molecule has 146 valence electrons. The summed E-state index contributed by atoms with van der Waals surface area (Å²) >= 11 is 0.